The summed E-state index contributed by atoms with van der Waals surface area (Å²) < 4.78 is 18.3. The molecule has 1 heterocycles. The molecule has 1 atom stereocenters. The van der Waals surface area contributed by atoms with Crippen molar-refractivity contribution in [2.24, 2.45) is 4.40 Å². The quantitative estimate of drug-likeness (QED) is 0.642. The fourth-order valence-electron chi connectivity index (χ4n) is 2.54. The van der Waals surface area contributed by atoms with Crippen LogP contribution in [0, 0.1) is 0 Å². The van der Waals surface area contributed by atoms with Gasteiger partial charge >= 0.3 is 0 Å². The lowest BCUT2D eigenvalue weighted by Crippen LogP contribution is -2.19. The summed E-state index contributed by atoms with van der Waals surface area (Å²) in [5.41, 5.74) is 3.42. The van der Waals surface area contributed by atoms with Gasteiger partial charge in [-0.25, -0.2) is 4.21 Å². The minimum Gasteiger partial charge on any atom is -0.343 e. The van der Waals surface area contributed by atoms with Crippen LogP contribution in [0.25, 0.3) is 10.9 Å². The first-order chi connectivity index (χ1) is 11.4. The van der Waals surface area contributed by atoms with Crippen LogP contribution in [0.15, 0.2) is 65.2 Å². The highest BCUT2D eigenvalue weighted by Crippen LogP contribution is 2.21. The van der Waals surface area contributed by atoms with Crippen molar-refractivity contribution in [1.82, 2.24) is 4.57 Å². The standard InChI is InChI=1S/C20H22N2OS/c1-20(2,3)24(23)21-14-17-10-7-11-19-18(17)12-13-22(19)15-16-8-5-4-6-9-16/h4-14H,15H2,1-3H3. The molecule has 24 heavy (non-hydrogen) atoms. The molecule has 0 aliphatic rings. The first kappa shape index (κ1) is 16.7. The molecule has 0 aliphatic heterocycles. The Bertz CT molecular complexity index is 889. The molecule has 3 aromatic rings. The highest BCUT2D eigenvalue weighted by Gasteiger charge is 2.18. The van der Waals surface area contributed by atoms with Gasteiger partial charge in [-0.15, -0.1) is 0 Å². The molecule has 0 bridgehead atoms. The van der Waals surface area contributed by atoms with Gasteiger partial charge in [-0.05, 0) is 38.5 Å². The van der Waals surface area contributed by atoms with Gasteiger partial charge in [0.2, 0.25) is 0 Å². The third-order valence-corrected chi connectivity index (χ3v) is 5.20. The zero-order valence-corrected chi connectivity index (χ0v) is 15.1. The Labute approximate surface area is 145 Å². The number of benzene rings is 2. The number of nitrogens with zero attached hydrogens (tertiary/aromatic N) is 2. The second-order valence-electron chi connectivity index (χ2n) is 6.81. The second kappa shape index (κ2) is 6.73. The monoisotopic (exact) mass is 338 g/mol. The van der Waals surface area contributed by atoms with Crippen molar-refractivity contribution in [1.29, 1.82) is 0 Å². The summed E-state index contributed by atoms with van der Waals surface area (Å²) in [6, 6.07) is 18.6. The number of aromatic nitrogens is 1. The maximum Gasteiger partial charge on any atom is 0.144 e. The molecule has 2 aromatic carbocycles. The molecule has 3 rings (SSSR count). The van der Waals surface area contributed by atoms with E-state index in [4.69, 9.17) is 0 Å². The van der Waals surface area contributed by atoms with E-state index in [0.29, 0.717) is 0 Å². The first-order valence-electron chi connectivity index (χ1n) is 8.03. The number of hydrogen-bond donors (Lipinski definition) is 0. The van der Waals surface area contributed by atoms with Crippen molar-refractivity contribution in [3.8, 4) is 0 Å². The van der Waals surface area contributed by atoms with Gasteiger partial charge in [-0.2, -0.15) is 4.40 Å². The van der Waals surface area contributed by atoms with Crippen molar-refractivity contribution in [3.63, 3.8) is 0 Å². The highest BCUT2D eigenvalue weighted by atomic mass is 32.2. The van der Waals surface area contributed by atoms with Gasteiger partial charge in [0, 0.05) is 35.4 Å². The van der Waals surface area contributed by atoms with Gasteiger partial charge in [0.15, 0.2) is 0 Å². The van der Waals surface area contributed by atoms with Crippen LogP contribution in [0.4, 0.5) is 0 Å². The zero-order valence-electron chi connectivity index (χ0n) is 14.3. The Morgan fingerprint density at radius 3 is 2.50 bits per heavy atom. The molecule has 0 saturated heterocycles. The fourth-order valence-corrected chi connectivity index (χ4v) is 3.07. The topological polar surface area (TPSA) is 34.4 Å². The third kappa shape index (κ3) is 3.65. The van der Waals surface area contributed by atoms with E-state index in [1.165, 1.54) is 5.56 Å². The van der Waals surface area contributed by atoms with Gasteiger partial charge < -0.3 is 4.57 Å². The van der Waals surface area contributed by atoms with E-state index in [9.17, 15) is 4.21 Å². The summed E-state index contributed by atoms with van der Waals surface area (Å²) in [5.74, 6) is 0. The van der Waals surface area contributed by atoms with Gasteiger partial charge in [0.05, 0.1) is 4.75 Å². The van der Waals surface area contributed by atoms with Crippen LogP contribution in [0.3, 0.4) is 0 Å². The normalized spacial score (nSPS) is 13.6. The van der Waals surface area contributed by atoms with E-state index in [0.717, 1.165) is 23.0 Å². The smallest absolute Gasteiger partial charge is 0.144 e. The van der Waals surface area contributed by atoms with Crippen LogP contribution in [0.1, 0.15) is 31.9 Å². The molecular weight excluding hydrogens is 316 g/mol. The Hall–Kier alpha value is -2.20. The van der Waals surface area contributed by atoms with E-state index in [2.05, 4.69) is 51.6 Å². The van der Waals surface area contributed by atoms with E-state index in [1.54, 1.807) is 6.21 Å². The van der Waals surface area contributed by atoms with Crippen LogP contribution in [0.5, 0.6) is 0 Å². The molecule has 0 saturated carbocycles. The van der Waals surface area contributed by atoms with Gasteiger partial charge in [-0.1, -0.05) is 42.5 Å². The number of hydrogen-bond acceptors (Lipinski definition) is 1. The summed E-state index contributed by atoms with van der Waals surface area (Å²) in [6.07, 6.45) is 3.83. The van der Waals surface area contributed by atoms with E-state index < -0.39 is 11.0 Å². The van der Waals surface area contributed by atoms with Crippen molar-refractivity contribution in [2.75, 3.05) is 0 Å². The van der Waals surface area contributed by atoms with Crippen molar-refractivity contribution < 1.29 is 4.21 Å². The maximum atomic E-state index is 12.1. The Morgan fingerprint density at radius 2 is 1.79 bits per heavy atom. The van der Waals surface area contributed by atoms with Crippen molar-refractivity contribution >= 4 is 28.1 Å². The van der Waals surface area contributed by atoms with Crippen LogP contribution >= 0.6 is 0 Å². The average molecular weight is 338 g/mol. The van der Waals surface area contributed by atoms with E-state index in [1.807, 2.05) is 39.0 Å². The summed E-state index contributed by atoms with van der Waals surface area (Å²) in [5, 5.41) is 1.13. The molecule has 1 aromatic heterocycles. The lowest BCUT2D eigenvalue weighted by Gasteiger charge is -2.12. The van der Waals surface area contributed by atoms with E-state index >= 15 is 0 Å². The van der Waals surface area contributed by atoms with Crippen LogP contribution < -0.4 is 0 Å². The molecule has 0 aliphatic carbocycles. The predicted molar refractivity (Wildman–Crippen MR) is 103 cm³/mol. The summed E-state index contributed by atoms with van der Waals surface area (Å²) >= 11 is 0. The molecule has 0 radical (unpaired) electrons. The predicted octanol–water partition coefficient (Wildman–Crippen LogP) is 4.57. The van der Waals surface area contributed by atoms with Gasteiger partial charge in [-0.3, -0.25) is 0 Å². The molecule has 1 unspecified atom stereocenters. The molecule has 0 amide bonds. The molecule has 4 heteroatoms. The fraction of sp³-hybridized carbons (Fsp3) is 0.250. The van der Waals surface area contributed by atoms with Crippen molar-refractivity contribution in [2.45, 2.75) is 32.1 Å². The lowest BCUT2D eigenvalue weighted by atomic mass is 10.1. The molecule has 0 spiro atoms. The SMILES string of the molecule is CC(C)(C)S(=O)N=Cc1cccc2c1ccn2Cc1ccccc1. The number of rotatable bonds is 4. The molecule has 124 valence electrons. The molecule has 3 nitrogen and oxygen atoms in total. The molecule has 0 fully saturated rings. The Kier molecular flexibility index (Phi) is 4.67. The van der Waals surface area contributed by atoms with Crippen molar-refractivity contribution in [3.05, 3.63) is 71.9 Å². The zero-order chi connectivity index (χ0) is 17.2. The first-order valence-corrected chi connectivity index (χ1v) is 9.14. The molecule has 0 N–H and O–H groups in total. The highest BCUT2D eigenvalue weighted by molar-refractivity contribution is 7.85. The average Bonchev–Trinajstić information content (AvgIpc) is 2.96. The van der Waals surface area contributed by atoms with Gasteiger partial charge in [0.1, 0.15) is 11.0 Å². The Balaban J connectivity index is 1.92. The Morgan fingerprint density at radius 1 is 1.04 bits per heavy atom. The summed E-state index contributed by atoms with van der Waals surface area (Å²) in [7, 11) is -1.24. The summed E-state index contributed by atoms with van der Waals surface area (Å²) in [4.78, 5) is 0. The molecular formula is C20H22N2OS. The maximum absolute atomic E-state index is 12.1. The largest absolute Gasteiger partial charge is 0.343 e. The van der Waals surface area contributed by atoms with E-state index in [-0.39, 0.29) is 4.75 Å². The van der Waals surface area contributed by atoms with Crippen LogP contribution in [-0.2, 0) is 17.5 Å². The second-order valence-corrected chi connectivity index (χ2v) is 8.74. The van der Waals surface area contributed by atoms with Crippen LogP contribution in [0.2, 0.25) is 0 Å². The third-order valence-electron chi connectivity index (χ3n) is 3.85. The summed E-state index contributed by atoms with van der Waals surface area (Å²) in [6.45, 7) is 6.62. The lowest BCUT2D eigenvalue weighted by molar-refractivity contribution is 0.651. The van der Waals surface area contributed by atoms with Gasteiger partial charge in [0.25, 0.3) is 0 Å². The van der Waals surface area contributed by atoms with Crippen LogP contribution in [-0.4, -0.2) is 19.7 Å². The minimum atomic E-state index is -1.24. The number of fused-ring (bicyclic) bond motifs is 1. The minimum absolute atomic E-state index is 0.344.